The number of esters is 4. The molecule has 0 spiro atoms. The summed E-state index contributed by atoms with van der Waals surface area (Å²) in [7, 11) is 0. The molecule has 2 unspecified atom stereocenters. The van der Waals surface area contributed by atoms with E-state index in [9.17, 15) is 24.0 Å². The van der Waals surface area contributed by atoms with Gasteiger partial charge in [-0.3, -0.25) is 14.4 Å². The lowest BCUT2D eigenvalue weighted by Gasteiger charge is -2.17. The molecular weight excluding hydrogens is 444 g/mol. The Hall–Kier alpha value is -4.01. The molecule has 0 saturated heterocycles. The van der Waals surface area contributed by atoms with Gasteiger partial charge in [-0.05, 0) is 25.0 Å². The molecule has 9 heteroatoms. The third-order valence-corrected chi connectivity index (χ3v) is 5.43. The molecule has 0 N–H and O–H groups in total. The molecule has 0 bridgehead atoms. The lowest BCUT2D eigenvalue weighted by atomic mass is 9.91. The number of fused-ring (bicyclic) bond motifs is 2. The first-order valence-corrected chi connectivity index (χ1v) is 11.0. The zero-order valence-electron chi connectivity index (χ0n) is 18.6. The van der Waals surface area contributed by atoms with Gasteiger partial charge < -0.3 is 18.9 Å². The minimum Gasteiger partial charge on any atom is -0.420 e. The highest BCUT2D eigenvalue weighted by atomic mass is 16.7. The average Bonchev–Trinajstić information content (AvgIpc) is 3.30. The number of ketones is 1. The minimum absolute atomic E-state index is 0.0593. The van der Waals surface area contributed by atoms with Crippen molar-refractivity contribution in [3.63, 3.8) is 0 Å². The summed E-state index contributed by atoms with van der Waals surface area (Å²) >= 11 is 0. The van der Waals surface area contributed by atoms with Gasteiger partial charge in [0.2, 0.25) is 0 Å². The Morgan fingerprint density at radius 1 is 0.735 bits per heavy atom. The largest absolute Gasteiger partial charge is 0.420 e. The van der Waals surface area contributed by atoms with Gasteiger partial charge in [-0.15, -0.1) is 0 Å². The van der Waals surface area contributed by atoms with E-state index in [1.165, 1.54) is 36.4 Å². The second-order valence-electron chi connectivity index (χ2n) is 7.82. The van der Waals surface area contributed by atoms with Crippen LogP contribution in [0.3, 0.4) is 0 Å². The second kappa shape index (κ2) is 9.46. The number of carbonyl (C=O) groups is 5. The van der Waals surface area contributed by atoms with Crippen LogP contribution in [0.25, 0.3) is 0 Å². The maximum absolute atomic E-state index is 13.7. The molecule has 4 rings (SSSR count). The van der Waals surface area contributed by atoms with E-state index in [4.69, 9.17) is 18.9 Å². The molecule has 9 nitrogen and oxygen atoms in total. The number of ether oxygens (including phenoxy) is 4. The summed E-state index contributed by atoms with van der Waals surface area (Å²) < 4.78 is 21.0. The highest BCUT2D eigenvalue weighted by Gasteiger charge is 2.41. The fourth-order valence-corrected chi connectivity index (χ4v) is 3.91. The van der Waals surface area contributed by atoms with Crippen LogP contribution in [0, 0.1) is 0 Å². The summed E-state index contributed by atoms with van der Waals surface area (Å²) in [6, 6.07) is 8.90. The first-order chi connectivity index (χ1) is 16.3. The first-order valence-electron chi connectivity index (χ1n) is 11.0. The molecule has 176 valence electrons. The topological polar surface area (TPSA) is 122 Å². The predicted molar refractivity (Wildman–Crippen MR) is 115 cm³/mol. The van der Waals surface area contributed by atoms with E-state index in [-0.39, 0.29) is 46.2 Å². The predicted octanol–water partition coefficient (Wildman–Crippen LogP) is 3.94. The maximum atomic E-state index is 13.7. The van der Waals surface area contributed by atoms with Crippen molar-refractivity contribution in [2.75, 3.05) is 0 Å². The summed E-state index contributed by atoms with van der Waals surface area (Å²) in [6.07, 6.45) is -1.42. The van der Waals surface area contributed by atoms with E-state index in [1.807, 2.05) is 0 Å². The fourth-order valence-electron chi connectivity index (χ4n) is 3.91. The van der Waals surface area contributed by atoms with Crippen molar-refractivity contribution in [2.24, 2.45) is 0 Å². The normalized spacial score (nSPS) is 17.9. The minimum atomic E-state index is -1.37. The Bertz CT molecular complexity index is 1110. The van der Waals surface area contributed by atoms with Crippen LogP contribution in [0.2, 0.25) is 0 Å². The van der Waals surface area contributed by atoms with Gasteiger partial charge >= 0.3 is 23.9 Å². The molecular formula is C25H22O9. The van der Waals surface area contributed by atoms with Crippen LogP contribution in [0.15, 0.2) is 36.4 Å². The Morgan fingerprint density at radius 3 is 1.53 bits per heavy atom. The average molecular weight is 466 g/mol. The molecule has 2 aliphatic heterocycles. The van der Waals surface area contributed by atoms with E-state index in [1.54, 1.807) is 13.8 Å². The lowest BCUT2D eigenvalue weighted by Crippen LogP contribution is -2.17. The molecule has 0 fully saturated rings. The maximum Gasteiger partial charge on any atom is 0.342 e. The Morgan fingerprint density at radius 2 is 1.15 bits per heavy atom. The van der Waals surface area contributed by atoms with Crippen molar-refractivity contribution in [1.29, 1.82) is 0 Å². The van der Waals surface area contributed by atoms with Crippen LogP contribution in [0.4, 0.5) is 0 Å². The van der Waals surface area contributed by atoms with E-state index in [0.717, 1.165) is 0 Å². The van der Waals surface area contributed by atoms with E-state index in [2.05, 4.69) is 0 Å². The quantitative estimate of drug-likeness (QED) is 0.420. The van der Waals surface area contributed by atoms with Gasteiger partial charge in [-0.25, -0.2) is 9.59 Å². The van der Waals surface area contributed by atoms with Crippen LogP contribution >= 0.6 is 0 Å². The Kier molecular flexibility index (Phi) is 6.45. The molecule has 0 amide bonds. The van der Waals surface area contributed by atoms with Gasteiger partial charge in [0, 0.05) is 24.0 Å². The number of carbonyl (C=O) groups excluding carboxylic acids is 5. The summed E-state index contributed by atoms with van der Waals surface area (Å²) in [5.41, 5.74) is 0.582. The van der Waals surface area contributed by atoms with E-state index >= 15 is 0 Å². The zero-order valence-corrected chi connectivity index (χ0v) is 18.6. The fraction of sp³-hybridized carbons (Fsp3) is 0.320. The molecule has 0 radical (unpaired) electrons. The van der Waals surface area contributed by atoms with Crippen molar-refractivity contribution < 1.29 is 42.9 Å². The molecule has 2 aliphatic rings. The van der Waals surface area contributed by atoms with Crippen molar-refractivity contribution >= 4 is 29.7 Å². The van der Waals surface area contributed by atoms with Crippen molar-refractivity contribution in [3.05, 3.63) is 69.8 Å². The summed E-state index contributed by atoms with van der Waals surface area (Å²) in [5.74, 6) is -3.15. The first kappa shape index (κ1) is 23.2. The molecule has 2 aromatic carbocycles. The number of benzene rings is 2. The Balaban J connectivity index is 1.75. The monoisotopic (exact) mass is 466 g/mol. The van der Waals surface area contributed by atoms with E-state index < -0.39 is 42.2 Å². The number of cyclic esters (lactones) is 2. The molecule has 34 heavy (non-hydrogen) atoms. The SMILES string of the molecule is CCCC(=O)OC1OC(=O)c2cccc(C(=O)c3cccc4c3C(OC(=O)CCC)OC4=O)c21. The van der Waals surface area contributed by atoms with Crippen molar-refractivity contribution in [1.82, 2.24) is 0 Å². The molecule has 2 heterocycles. The summed E-state index contributed by atoms with van der Waals surface area (Å²) in [5, 5.41) is 0. The van der Waals surface area contributed by atoms with Crippen molar-refractivity contribution in [2.45, 2.75) is 52.1 Å². The number of hydrogen-bond donors (Lipinski definition) is 0. The third-order valence-electron chi connectivity index (χ3n) is 5.43. The molecule has 2 atom stereocenters. The van der Waals surface area contributed by atoms with Crippen LogP contribution in [0.1, 0.15) is 99.9 Å². The molecule has 0 aliphatic carbocycles. The molecule has 2 aromatic rings. The standard InChI is InChI=1S/C25H22O9/c1-3-7-17(26)31-24-19-13(9-5-11-15(19)22(29)33-24)21(28)14-10-6-12-16-20(14)25(34-23(16)30)32-18(27)8-4-2/h5-6,9-12,24-25H,3-4,7-8H2,1-2H3. The third kappa shape index (κ3) is 4.16. The van der Waals surface area contributed by atoms with Gasteiger partial charge in [0.1, 0.15) is 0 Å². The number of hydrogen-bond acceptors (Lipinski definition) is 9. The van der Waals surface area contributed by atoms with Gasteiger partial charge in [0.05, 0.1) is 22.3 Å². The van der Waals surface area contributed by atoms with Crippen LogP contribution in [-0.2, 0) is 28.5 Å². The second-order valence-corrected chi connectivity index (χ2v) is 7.82. The van der Waals surface area contributed by atoms with Gasteiger partial charge in [0.15, 0.2) is 5.78 Å². The van der Waals surface area contributed by atoms with Gasteiger partial charge in [-0.2, -0.15) is 0 Å². The van der Waals surface area contributed by atoms with E-state index in [0.29, 0.717) is 12.8 Å². The summed E-state index contributed by atoms with van der Waals surface area (Å²) in [4.78, 5) is 62.5. The smallest absolute Gasteiger partial charge is 0.342 e. The Labute approximate surface area is 194 Å². The van der Waals surface area contributed by atoms with Crippen LogP contribution in [0.5, 0.6) is 0 Å². The molecule has 0 aromatic heterocycles. The number of rotatable bonds is 8. The van der Waals surface area contributed by atoms with Gasteiger partial charge in [-0.1, -0.05) is 38.1 Å². The molecule has 0 saturated carbocycles. The summed E-state index contributed by atoms with van der Waals surface area (Å²) in [6.45, 7) is 3.60. The lowest BCUT2D eigenvalue weighted by molar-refractivity contribution is -0.169. The van der Waals surface area contributed by atoms with Crippen LogP contribution < -0.4 is 0 Å². The zero-order chi connectivity index (χ0) is 24.4. The highest BCUT2D eigenvalue weighted by molar-refractivity contribution is 6.14. The highest BCUT2D eigenvalue weighted by Crippen LogP contribution is 2.39. The van der Waals surface area contributed by atoms with Gasteiger partial charge in [0.25, 0.3) is 12.6 Å². The van der Waals surface area contributed by atoms with Crippen molar-refractivity contribution in [3.8, 4) is 0 Å². The van der Waals surface area contributed by atoms with Crippen LogP contribution in [-0.4, -0.2) is 29.7 Å².